The van der Waals surface area contributed by atoms with E-state index in [2.05, 4.69) is 11.0 Å². The van der Waals surface area contributed by atoms with Gasteiger partial charge >= 0.3 is 0 Å². The van der Waals surface area contributed by atoms with Crippen LogP contribution >= 0.6 is 34.8 Å². The molecule has 1 heterocycles. The zero-order valence-corrected chi connectivity index (χ0v) is 29.1. The summed E-state index contributed by atoms with van der Waals surface area (Å²) in [7, 11) is 2.16. The third kappa shape index (κ3) is 7.54. The van der Waals surface area contributed by atoms with E-state index in [-0.39, 0.29) is 17.6 Å². The maximum absolute atomic E-state index is 14.1. The molecule has 6 nitrogen and oxygen atoms in total. The van der Waals surface area contributed by atoms with Gasteiger partial charge in [-0.2, -0.15) is 5.26 Å². The lowest BCUT2D eigenvalue weighted by Crippen LogP contribution is -2.36. The number of ether oxygens (including phenoxy) is 1. The molecule has 0 bridgehead atoms. The molecule has 0 N–H and O–H groups in total. The van der Waals surface area contributed by atoms with E-state index in [0.717, 1.165) is 65.7 Å². The van der Waals surface area contributed by atoms with Crippen molar-refractivity contribution in [3.63, 3.8) is 0 Å². The smallest absolute Gasteiger partial charge is 0.258 e. The molecule has 1 aliphatic rings. The van der Waals surface area contributed by atoms with Crippen molar-refractivity contribution in [2.75, 3.05) is 46.6 Å². The van der Waals surface area contributed by atoms with Crippen molar-refractivity contribution in [2.24, 2.45) is 0 Å². The lowest BCUT2D eigenvalue weighted by Gasteiger charge is -2.34. The molecular weight excluding hydrogens is 661 g/mol. The number of hydrogen-bond donors (Lipinski definition) is 0. The minimum atomic E-state index is -1.11. The van der Waals surface area contributed by atoms with Gasteiger partial charge < -0.3 is 14.5 Å². The fourth-order valence-electron chi connectivity index (χ4n) is 6.47. The van der Waals surface area contributed by atoms with Gasteiger partial charge in [0.05, 0.1) is 39.1 Å². The summed E-state index contributed by atoms with van der Waals surface area (Å²) >= 11 is 18.9. The number of methoxy groups -OCH3 is 1. The summed E-state index contributed by atoms with van der Waals surface area (Å²) in [6, 6.07) is 22.9. The molecule has 1 aliphatic heterocycles. The molecule has 240 valence electrons. The lowest BCUT2D eigenvalue weighted by atomic mass is 9.88. The molecule has 1 unspecified atom stereocenters. The third-order valence-electron chi connectivity index (χ3n) is 8.90. The van der Waals surface area contributed by atoms with Crippen LogP contribution in [0.3, 0.4) is 0 Å². The van der Waals surface area contributed by atoms with Crippen molar-refractivity contribution in [3.8, 4) is 11.8 Å². The van der Waals surface area contributed by atoms with Crippen LogP contribution in [0.4, 0.5) is 0 Å². The van der Waals surface area contributed by atoms with Crippen LogP contribution in [0.15, 0.2) is 71.6 Å². The van der Waals surface area contributed by atoms with Gasteiger partial charge in [0.15, 0.2) is 0 Å². The van der Waals surface area contributed by atoms with Crippen molar-refractivity contribution in [1.82, 2.24) is 9.80 Å². The normalized spacial score (nSPS) is 15.3. The van der Waals surface area contributed by atoms with Crippen molar-refractivity contribution in [1.29, 1.82) is 5.26 Å². The fraction of sp³-hybridized carbons (Fsp3) is 0.333. The number of nitrogens with zero attached hydrogens (tertiary/aromatic N) is 3. The fourth-order valence-corrected chi connectivity index (χ4v) is 7.87. The minimum absolute atomic E-state index is 0.0248. The molecule has 10 heteroatoms. The number of piperidine rings is 1. The van der Waals surface area contributed by atoms with E-state index < -0.39 is 10.8 Å². The van der Waals surface area contributed by atoms with E-state index in [1.54, 1.807) is 30.3 Å². The van der Waals surface area contributed by atoms with E-state index >= 15 is 0 Å². The second kappa shape index (κ2) is 15.2. The highest BCUT2D eigenvalue weighted by molar-refractivity contribution is 7.84. The Balaban J connectivity index is 1.34. The summed E-state index contributed by atoms with van der Waals surface area (Å²) in [4.78, 5) is 19.1. The molecule has 46 heavy (non-hydrogen) atoms. The van der Waals surface area contributed by atoms with Crippen LogP contribution in [0.25, 0.3) is 10.8 Å². The van der Waals surface area contributed by atoms with Crippen LogP contribution in [0.2, 0.25) is 15.1 Å². The van der Waals surface area contributed by atoms with Gasteiger partial charge in [0.1, 0.15) is 11.8 Å². The van der Waals surface area contributed by atoms with Crippen LogP contribution in [0, 0.1) is 11.3 Å². The van der Waals surface area contributed by atoms with Crippen molar-refractivity contribution in [2.45, 2.75) is 36.0 Å². The Hall–Kier alpha value is -3.12. The predicted molar refractivity (Wildman–Crippen MR) is 188 cm³/mol. The lowest BCUT2D eigenvalue weighted by molar-refractivity contribution is 0.0780. The van der Waals surface area contributed by atoms with E-state index in [9.17, 15) is 14.3 Å². The molecule has 0 aliphatic carbocycles. The molecule has 0 radical (unpaired) electrons. The first-order chi connectivity index (χ1) is 22.1. The Morgan fingerprint density at radius 1 is 1.07 bits per heavy atom. The highest BCUT2D eigenvalue weighted by Crippen LogP contribution is 2.36. The highest BCUT2D eigenvalue weighted by Gasteiger charge is 2.28. The number of fused-ring (bicyclic) bond motifs is 1. The van der Waals surface area contributed by atoms with Crippen molar-refractivity contribution in [3.05, 3.63) is 104 Å². The zero-order valence-electron chi connectivity index (χ0n) is 26.1. The van der Waals surface area contributed by atoms with Gasteiger partial charge in [0, 0.05) is 35.7 Å². The summed E-state index contributed by atoms with van der Waals surface area (Å²) in [5.74, 6) is 0.366. The number of amides is 1. The van der Waals surface area contributed by atoms with E-state index in [1.165, 1.54) is 7.11 Å². The molecule has 1 saturated heterocycles. The number of carbonyl (C=O) groups excluding carboxylic acids is 1. The topological polar surface area (TPSA) is 73.6 Å². The van der Waals surface area contributed by atoms with Crippen LogP contribution < -0.4 is 4.74 Å². The molecule has 4 aromatic carbocycles. The molecule has 1 fully saturated rings. The second-order valence-corrected chi connectivity index (χ2v) is 14.4. The Morgan fingerprint density at radius 2 is 1.80 bits per heavy atom. The number of likely N-dealkylation sites (N-methyl/N-ethyl adjacent to an activating group) is 1. The van der Waals surface area contributed by atoms with Crippen LogP contribution in [-0.2, 0) is 10.8 Å². The number of benzene rings is 4. The van der Waals surface area contributed by atoms with Crippen molar-refractivity contribution < 1.29 is 13.7 Å². The van der Waals surface area contributed by atoms with E-state index in [0.29, 0.717) is 38.7 Å². The standard InChI is InChI=1S/C36H36Cl3N3O3S/c1-41(36(43)34-30-7-5-4-6-25(30)18-27(21-40)35(34)45-2)22-26(24-8-11-31(38)32(39)19-24)14-17-42-15-12-23(13-16-42)29-10-9-28(37)20-33(29)46(3)44/h4-11,18-20,23,26H,12-17,22H2,1-3H3/t26-,46?/m1/s1. The van der Waals surface area contributed by atoms with E-state index in [1.807, 2.05) is 54.6 Å². The van der Waals surface area contributed by atoms with Gasteiger partial charge in [-0.1, -0.05) is 71.2 Å². The Kier molecular flexibility index (Phi) is 11.3. The molecule has 2 atom stereocenters. The molecule has 0 aromatic heterocycles. The van der Waals surface area contributed by atoms with Gasteiger partial charge in [-0.15, -0.1) is 0 Å². The van der Waals surface area contributed by atoms with Gasteiger partial charge in [-0.05, 0) is 97.0 Å². The van der Waals surface area contributed by atoms with Gasteiger partial charge in [-0.3, -0.25) is 9.00 Å². The zero-order chi connectivity index (χ0) is 33.0. The summed E-state index contributed by atoms with van der Waals surface area (Å²) in [5, 5.41) is 12.9. The first kappa shape index (κ1) is 34.2. The summed E-state index contributed by atoms with van der Waals surface area (Å²) in [5.41, 5.74) is 2.83. The van der Waals surface area contributed by atoms with Crippen LogP contribution in [0.1, 0.15) is 58.1 Å². The SMILES string of the molecule is COc1c(C#N)cc2ccccc2c1C(=O)N(C)C[C@@H](CCN1CCC(c2ccc(Cl)cc2S(C)=O)CC1)c1ccc(Cl)c(Cl)c1. The first-order valence-corrected chi connectivity index (χ1v) is 17.9. The van der Waals surface area contributed by atoms with Gasteiger partial charge in [-0.25, -0.2) is 0 Å². The number of hydrogen-bond acceptors (Lipinski definition) is 5. The van der Waals surface area contributed by atoms with E-state index in [4.69, 9.17) is 39.5 Å². The largest absolute Gasteiger partial charge is 0.495 e. The average molecular weight is 697 g/mol. The highest BCUT2D eigenvalue weighted by atomic mass is 35.5. The Bertz CT molecular complexity index is 1820. The maximum Gasteiger partial charge on any atom is 0.258 e. The average Bonchev–Trinajstić information content (AvgIpc) is 3.06. The predicted octanol–water partition coefficient (Wildman–Crippen LogP) is 8.54. The Labute approximate surface area is 288 Å². The number of rotatable bonds is 10. The molecule has 0 spiro atoms. The van der Waals surface area contributed by atoms with Crippen molar-refractivity contribution >= 4 is 62.3 Å². The van der Waals surface area contributed by atoms with Crippen LogP contribution in [0.5, 0.6) is 5.75 Å². The molecule has 0 saturated carbocycles. The third-order valence-corrected chi connectivity index (χ3v) is 10.8. The maximum atomic E-state index is 14.1. The van der Waals surface area contributed by atoms with Crippen LogP contribution in [-0.4, -0.2) is 66.5 Å². The molecule has 4 aromatic rings. The quantitative estimate of drug-likeness (QED) is 0.166. The second-order valence-electron chi connectivity index (χ2n) is 11.8. The number of carbonyl (C=O) groups is 1. The summed E-state index contributed by atoms with van der Waals surface area (Å²) in [6.45, 7) is 3.09. The minimum Gasteiger partial charge on any atom is -0.495 e. The number of halogens is 3. The summed E-state index contributed by atoms with van der Waals surface area (Å²) < 4.78 is 18.0. The molecular formula is C36H36Cl3N3O3S. The monoisotopic (exact) mass is 695 g/mol. The molecule has 1 amide bonds. The number of likely N-dealkylation sites (tertiary alicyclic amines) is 1. The first-order valence-electron chi connectivity index (χ1n) is 15.2. The summed E-state index contributed by atoms with van der Waals surface area (Å²) in [6.07, 6.45) is 4.42. The van der Waals surface area contributed by atoms with Gasteiger partial charge in [0.2, 0.25) is 0 Å². The molecule has 5 rings (SSSR count). The Morgan fingerprint density at radius 3 is 2.48 bits per heavy atom. The van der Waals surface area contributed by atoms with Gasteiger partial charge in [0.25, 0.3) is 5.91 Å². The number of nitriles is 1.